The number of sulfonamides is 3. The molecule has 16 aliphatic carbocycles. The number of fused-ring (bicyclic) bond motifs is 8. The predicted octanol–water partition coefficient (Wildman–Crippen LogP) is 15.3. The molecule has 16 saturated carbocycles. The van der Waals surface area contributed by atoms with Crippen LogP contribution in [0.4, 0.5) is 39.5 Å². The van der Waals surface area contributed by atoms with Crippen molar-refractivity contribution in [2.24, 2.45) is 88.8 Å². The highest BCUT2D eigenvalue weighted by molar-refractivity contribution is 7.91. The number of halogens is 9. The summed E-state index contributed by atoms with van der Waals surface area (Å²) < 4.78 is 220. The van der Waals surface area contributed by atoms with E-state index in [-0.39, 0.29) is 112 Å². The van der Waals surface area contributed by atoms with E-state index in [0.717, 1.165) is 73.7 Å². The molecule has 0 aromatic rings. The van der Waals surface area contributed by atoms with Crippen LogP contribution < -0.4 is 14.2 Å². The first kappa shape index (κ1) is 94.2. The second kappa shape index (κ2) is 35.4. The third kappa shape index (κ3) is 22.1. The summed E-state index contributed by atoms with van der Waals surface area (Å²) in [5.74, 6) is 4.02. The lowest BCUT2D eigenvalue weighted by Gasteiger charge is -2.61. The van der Waals surface area contributed by atoms with Crippen molar-refractivity contribution in [3.8, 4) is 0 Å². The van der Waals surface area contributed by atoms with E-state index in [1.165, 1.54) is 64.5 Å². The van der Waals surface area contributed by atoms with Crippen molar-refractivity contribution in [1.29, 1.82) is 0 Å². The first-order valence-electron chi connectivity index (χ1n) is 37.3. The van der Waals surface area contributed by atoms with Crippen LogP contribution in [-0.2, 0) is 87.3 Å². The van der Waals surface area contributed by atoms with Gasteiger partial charge in [-0.3, -0.25) is 0 Å². The lowest BCUT2D eigenvalue weighted by atomic mass is 9.51. The Morgan fingerprint density at radius 3 is 1.06 bits per heavy atom. The maximum atomic E-state index is 12.8. The second-order valence-corrected chi connectivity index (χ2v) is 39.1. The average Bonchev–Trinajstić information content (AvgIpc) is 1.44. The lowest BCUT2D eigenvalue weighted by molar-refractivity contribution is -0.187. The summed E-state index contributed by atoms with van der Waals surface area (Å²) >= 11 is 0. The zero-order valence-corrected chi connectivity index (χ0v) is 64.4. The molecule has 0 spiro atoms. The molecular weight excluding hydrogens is 1530 g/mol. The van der Waals surface area contributed by atoms with Gasteiger partial charge in [0.15, 0.2) is 0 Å². The van der Waals surface area contributed by atoms with Gasteiger partial charge >= 0.3 is 82.4 Å². The second-order valence-electron chi connectivity index (χ2n) is 34.1. The Labute approximate surface area is 649 Å². The molecule has 632 valence electrons. The molecule has 16 aliphatic rings. The van der Waals surface area contributed by atoms with Crippen molar-refractivity contribution in [1.82, 2.24) is 14.2 Å². The van der Waals surface area contributed by atoms with Crippen LogP contribution in [0.3, 0.4) is 0 Å². The van der Waals surface area contributed by atoms with Crippen molar-refractivity contribution >= 4 is 65.9 Å². The van der Waals surface area contributed by atoms with E-state index in [1.54, 1.807) is 11.6 Å². The first-order valence-corrected chi connectivity index (χ1v) is 41.7. The van der Waals surface area contributed by atoms with E-state index in [2.05, 4.69) is 60.2 Å². The largest absolute Gasteiger partial charge is 0.511 e. The minimum Gasteiger partial charge on any atom is -0.459 e. The molecule has 0 radical (unpaired) electrons. The Bertz CT molecular complexity index is 3810. The van der Waals surface area contributed by atoms with Crippen LogP contribution >= 0.6 is 0 Å². The molecule has 0 amide bonds. The fourth-order valence-corrected chi connectivity index (χ4v) is 24.5. The molecule has 20 unspecified atom stereocenters. The number of carbonyl (C=O) groups excluding carboxylic acids is 6. The number of hydrogen-bond acceptors (Lipinski definition) is 18. The maximum Gasteiger partial charge on any atom is 0.511 e. The fourth-order valence-electron chi connectivity index (χ4n) is 21.8. The molecule has 16 fully saturated rings. The highest BCUT2D eigenvalue weighted by atomic mass is 32.2. The molecule has 20 atom stereocenters. The van der Waals surface area contributed by atoms with E-state index in [4.69, 9.17) is 28.4 Å². The van der Waals surface area contributed by atoms with Gasteiger partial charge < -0.3 is 28.4 Å². The number of nitrogens with one attached hydrogen (secondary N) is 3. The van der Waals surface area contributed by atoms with Crippen LogP contribution in [0, 0.1) is 88.8 Å². The molecular formula is C78H116F9N3O18S3. The van der Waals surface area contributed by atoms with Crippen molar-refractivity contribution < 1.29 is 122 Å². The topological polar surface area (TPSA) is 296 Å². The fraction of sp³-hybridized carbons (Fsp3) is 0.769. The number of ether oxygens (including phenoxy) is 6. The lowest BCUT2D eigenvalue weighted by Crippen LogP contribution is -2.67. The van der Waals surface area contributed by atoms with Gasteiger partial charge in [0.2, 0.25) is 0 Å². The van der Waals surface area contributed by atoms with Gasteiger partial charge in [-0.1, -0.05) is 82.5 Å². The minimum absolute atomic E-state index is 0. The van der Waals surface area contributed by atoms with Crippen LogP contribution in [0.5, 0.6) is 0 Å². The van der Waals surface area contributed by atoms with Gasteiger partial charge in [0.1, 0.15) is 35.6 Å². The summed E-state index contributed by atoms with van der Waals surface area (Å²) in [5.41, 5.74) is -19.2. The predicted molar refractivity (Wildman–Crippen MR) is 396 cm³/mol. The van der Waals surface area contributed by atoms with Gasteiger partial charge in [-0.25, -0.2) is 68.2 Å². The summed E-state index contributed by atoms with van der Waals surface area (Å²) in [6.45, 7) is 32.3. The number of rotatable bonds is 18. The summed E-state index contributed by atoms with van der Waals surface area (Å²) in [6, 6.07) is -0.849. The van der Waals surface area contributed by atoms with E-state index in [0.29, 0.717) is 94.0 Å². The van der Waals surface area contributed by atoms with Gasteiger partial charge in [0.25, 0.3) is 0 Å². The molecule has 16 rings (SSSR count). The third-order valence-electron chi connectivity index (χ3n) is 25.3. The average molecular weight is 1650 g/mol. The zero-order valence-electron chi connectivity index (χ0n) is 62.0. The van der Waals surface area contributed by atoms with Gasteiger partial charge in [0.05, 0.1) is 0 Å². The van der Waals surface area contributed by atoms with E-state index >= 15 is 0 Å². The molecule has 0 aliphatic heterocycles. The number of esters is 6. The van der Waals surface area contributed by atoms with E-state index in [9.17, 15) is 93.5 Å². The number of hydrogen-bond donors (Lipinski definition) is 3. The quantitative estimate of drug-likeness (QED) is 0.0497. The normalized spacial score (nSPS) is 37.3. The molecule has 0 heterocycles. The first-order chi connectivity index (χ1) is 49.8. The van der Waals surface area contributed by atoms with Crippen molar-refractivity contribution in [3.05, 3.63) is 74.4 Å². The standard InChI is InChI=1S/C15H20F3NO4S.C14H18F3NO4S.C12H16F3NO4S.C12H18O2.2C11H16O2.3CH4/c1-9(2)12(20)23-14-6-10-3-11(7-14)5-13(4-10,8-14)19-24(21,22)15(16,17)18;1-2-11(19)22-13-6-9-3-10(7-13)5-12(4-9,8-13)18-23(20,21)14(15,16)17;1-6(2)11(17)20-10-5-7-3-8(10)9(4-7)16-21(18,19)12(13,14)15;1-7(2)12(13)14-11-6-9-5-10(11)4-8(9)3;1-3-11(12)13-10-6-8-5-9(10)4-7(8)2;1-3-11(12)13-10-6-8-4-7(2)9(10)5-8;;;/h10-11,19H,1,3-8H2,2H3;2,9-10,18H,1,3-8H2;7-10,16H,1,3-5H2,2H3;8-11H,1,4-6H2,2-3H3;2*3,7-10H,1,4-6H2,2H3;3*1H4. The maximum absolute atomic E-state index is 12.8. The Hall–Kier alpha value is -5.64. The van der Waals surface area contributed by atoms with Crippen molar-refractivity contribution in [3.63, 3.8) is 0 Å². The van der Waals surface area contributed by atoms with E-state index in [1.807, 2.05) is 9.44 Å². The monoisotopic (exact) mass is 1650 g/mol. The molecule has 33 heteroatoms. The Morgan fingerprint density at radius 1 is 0.378 bits per heavy atom. The van der Waals surface area contributed by atoms with Gasteiger partial charge in [-0.05, 0) is 245 Å². The van der Waals surface area contributed by atoms with Crippen molar-refractivity contribution in [2.75, 3.05) is 0 Å². The van der Waals surface area contributed by atoms with Crippen LogP contribution in [0.2, 0.25) is 0 Å². The molecule has 3 N–H and O–H groups in total. The van der Waals surface area contributed by atoms with Crippen molar-refractivity contribution in [2.45, 2.75) is 287 Å². The van der Waals surface area contributed by atoms with Crippen LogP contribution in [0.15, 0.2) is 74.4 Å². The smallest absolute Gasteiger partial charge is 0.459 e. The highest BCUT2D eigenvalue weighted by Crippen LogP contribution is 2.62. The number of carbonyl (C=O) groups is 6. The Balaban J connectivity index is 0.000000210. The molecule has 111 heavy (non-hydrogen) atoms. The van der Waals surface area contributed by atoms with E-state index < -0.39 is 105 Å². The van der Waals surface area contributed by atoms with Gasteiger partial charge in [-0.2, -0.15) is 39.5 Å². The zero-order chi connectivity index (χ0) is 80.2. The minimum atomic E-state index is -5.44. The van der Waals surface area contributed by atoms with Crippen LogP contribution in [0.1, 0.15) is 218 Å². The Morgan fingerprint density at radius 2 is 0.730 bits per heavy atom. The molecule has 0 aromatic heterocycles. The molecule has 21 nitrogen and oxygen atoms in total. The van der Waals surface area contributed by atoms with Crippen LogP contribution in [0.25, 0.3) is 0 Å². The number of alkyl halides is 9. The summed E-state index contributed by atoms with van der Waals surface area (Å²) in [6.07, 6.45) is 21.3. The molecule has 0 saturated heterocycles. The molecule has 0 aromatic carbocycles. The third-order valence-corrected chi connectivity index (χ3v) is 29.1. The highest BCUT2D eigenvalue weighted by Gasteiger charge is 2.65. The van der Waals surface area contributed by atoms with Crippen LogP contribution in [-0.4, -0.2) is 130 Å². The van der Waals surface area contributed by atoms with Gasteiger partial charge in [0, 0.05) is 70.8 Å². The summed E-state index contributed by atoms with van der Waals surface area (Å²) in [7, 11) is -16.3. The molecule has 16 bridgehead atoms. The van der Waals surface area contributed by atoms with Gasteiger partial charge in [-0.15, -0.1) is 0 Å². The summed E-state index contributed by atoms with van der Waals surface area (Å²) in [4.78, 5) is 68.3. The Kier molecular flexibility index (Phi) is 30.1. The summed E-state index contributed by atoms with van der Waals surface area (Å²) in [5, 5.41) is 0. The SMILES string of the molecule is C.C.C.C=C(C)C(=O)OC12CC3CC(CC(NS(=O)(=O)C(F)(F)F)(C3)C1)C2.C=C(C)C(=O)OC1CC2CC(NS(=O)(=O)C(F)(F)F)C1C2.C=C(C)C(=O)OC1CC2CC1CC2C.C=CC(=O)OC12CC3CC(CC(NS(=O)(=O)C(F)(F)F)(C3)C1)C2.C=CC(=O)OC1CC2CC(C)C1C2.C=CC(=O)OC1CC2CC1CC2C.